The van der Waals surface area contributed by atoms with E-state index in [9.17, 15) is 0 Å². The van der Waals surface area contributed by atoms with E-state index in [1.165, 1.54) is 38.0 Å². The van der Waals surface area contributed by atoms with Crippen LogP contribution in [-0.4, -0.2) is 5.90 Å². The largest absolute Gasteiger partial charge is 0.250 e. The van der Waals surface area contributed by atoms with Crippen molar-refractivity contribution in [2.45, 2.75) is 26.7 Å². The average Bonchev–Trinajstić information content (AvgIpc) is 2.96. The molecule has 0 saturated carbocycles. The Bertz CT molecular complexity index is 1350. The van der Waals surface area contributed by atoms with Crippen molar-refractivity contribution in [2.24, 2.45) is 0 Å². The number of rotatable bonds is 6. The van der Waals surface area contributed by atoms with Crippen molar-refractivity contribution in [3.63, 3.8) is 0 Å². The van der Waals surface area contributed by atoms with E-state index in [-0.39, 0.29) is 0 Å². The summed E-state index contributed by atoms with van der Waals surface area (Å²) >= 11 is 0. The van der Waals surface area contributed by atoms with Crippen LogP contribution < -0.4 is 25.7 Å². The zero-order chi connectivity index (χ0) is 26.2. The summed E-state index contributed by atoms with van der Waals surface area (Å²) in [6.07, 6.45) is 0. The van der Waals surface area contributed by atoms with Crippen molar-refractivity contribution in [3.8, 4) is 0 Å². The lowest BCUT2D eigenvalue weighted by atomic mass is 9.99. The van der Waals surface area contributed by atoms with Gasteiger partial charge in [-0.3, -0.25) is 0 Å². The van der Waals surface area contributed by atoms with E-state index in [0.717, 1.165) is 5.90 Å². The Balaban J connectivity index is 1.76. The number of hydrogen-bond acceptors (Lipinski definition) is 1. The molecule has 1 heterocycles. The first-order chi connectivity index (χ1) is 18.6. The standard InChI is InChI=1S/C35H35NP2/c1-28(2)34-26-16-17-29(3)35(34)36-37(30-18-8-4-9-19-30,31-20-10-5-11-21-31)27-38(36,32-22-12-6-13-23-32)33-24-14-7-15-25-33/h4-26,28H,27H2,1-3H3/q+2. The van der Waals surface area contributed by atoms with Gasteiger partial charge in [0.1, 0.15) is 26.9 Å². The number of anilines is 1. The average molecular weight is 532 g/mol. The Morgan fingerprint density at radius 3 is 1.21 bits per heavy atom. The summed E-state index contributed by atoms with van der Waals surface area (Å²) in [7, 11) is -3.94. The van der Waals surface area contributed by atoms with Gasteiger partial charge in [0.05, 0.1) is 0 Å². The molecule has 1 saturated heterocycles. The number of benzene rings is 5. The van der Waals surface area contributed by atoms with Crippen LogP contribution in [0.5, 0.6) is 0 Å². The van der Waals surface area contributed by atoms with E-state index in [1.54, 1.807) is 0 Å². The summed E-state index contributed by atoms with van der Waals surface area (Å²) in [6, 6.07) is 52.4. The monoisotopic (exact) mass is 531 g/mol. The van der Waals surface area contributed by atoms with Crippen molar-refractivity contribution in [2.75, 3.05) is 10.3 Å². The second-order valence-corrected chi connectivity index (χ2v) is 17.9. The van der Waals surface area contributed by atoms with Gasteiger partial charge in [0.15, 0.2) is 0 Å². The summed E-state index contributed by atoms with van der Waals surface area (Å²) in [4.78, 5) is 0. The van der Waals surface area contributed by atoms with Crippen LogP contribution in [0, 0.1) is 6.92 Å². The molecule has 0 aliphatic carbocycles. The maximum atomic E-state index is 3.00. The van der Waals surface area contributed by atoms with Crippen LogP contribution >= 0.6 is 14.8 Å². The first-order valence-corrected chi connectivity index (χ1v) is 17.3. The van der Waals surface area contributed by atoms with Gasteiger partial charge >= 0.3 is 0 Å². The molecule has 188 valence electrons. The molecule has 0 bridgehead atoms. The van der Waals surface area contributed by atoms with Crippen molar-refractivity contribution in [3.05, 3.63) is 151 Å². The third-order valence-corrected chi connectivity index (χ3v) is 19.3. The Hall–Kier alpha value is -3.24. The van der Waals surface area contributed by atoms with Gasteiger partial charge in [-0.05, 0) is 72.5 Å². The molecule has 1 aliphatic heterocycles. The molecule has 6 rings (SSSR count). The number of aryl methyl sites for hydroxylation is 1. The first-order valence-electron chi connectivity index (χ1n) is 13.5. The van der Waals surface area contributed by atoms with Gasteiger partial charge in [-0.15, -0.1) is 4.44 Å². The first kappa shape index (κ1) is 25.1. The Morgan fingerprint density at radius 1 is 0.500 bits per heavy atom. The predicted molar refractivity (Wildman–Crippen MR) is 171 cm³/mol. The van der Waals surface area contributed by atoms with Crippen molar-refractivity contribution in [1.29, 1.82) is 0 Å². The maximum absolute atomic E-state index is 3.00. The summed E-state index contributed by atoms with van der Waals surface area (Å²) in [6.45, 7) is 7.00. The van der Waals surface area contributed by atoms with Gasteiger partial charge in [-0.25, -0.2) is 0 Å². The SMILES string of the molecule is Cc1cccc(C(C)C)c1N1[P+](c2ccccc2)(c2ccccc2)C[P+]1(c1ccccc1)c1ccccc1. The minimum atomic E-state index is -1.97. The topological polar surface area (TPSA) is 3.24 Å². The number of hydrogen-bond donors (Lipinski definition) is 0. The molecule has 5 aromatic rings. The van der Waals surface area contributed by atoms with Crippen molar-refractivity contribution in [1.82, 2.24) is 0 Å². The van der Waals surface area contributed by atoms with Crippen LogP contribution in [0.15, 0.2) is 140 Å². The molecule has 5 aromatic carbocycles. The normalized spacial score (nSPS) is 15.7. The highest BCUT2D eigenvalue weighted by Gasteiger charge is 2.81. The van der Waals surface area contributed by atoms with Crippen LogP contribution in [0.4, 0.5) is 5.69 Å². The minimum Gasteiger partial charge on any atom is -0.107 e. The smallest absolute Gasteiger partial charge is 0.107 e. The van der Waals surface area contributed by atoms with E-state index in [4.69, 9.17) is 0 Å². The van der Waals surface area contributed by atoms with Gasteiger partial charge in [-0.1, -0.05) is 105 Å². The van der Waals surface area contributed by atoms with E-state index in [0.29, 0.717) is 5.92 Å². The molecule has 1 aliphatic rings. The fourth-order valence-corrected chi connectivity index (χ4v) is 20.2. The molecule has 38 heavy (non-hydrogen) atoms. The van der Waals surface area contributed by atoms with Gasteiger partial charge in [-0.2, -0.15) is 0 Å². The zero-order valence-corrected chi connectivity index (χ0v) is 24.2. The van der Waals surface area contributed by atoms with E-state index >= 15 is 0 Å². The Labute approximate surface area is 229 Å². The fraction of sp³-hybridized carbons (Fsp3) is 0.143. The third-order valence-electron chi connectivity index (χ3n) is 7.88. The molecule has 0 N–H and O–H groups in total. The van der Waals surface area contributed by atoms with Crippen LogP contribution in [0.1, 0.15) is 30.9 Å². The third kappa shape index (κ3) is 3.84. The van der Waals surface area contributed by atoms with Crippen LogP contribution in [0.25, 0.3) is 0 Å². The second kappa shape index (κ2) is 10.1. The van der Waals surface area contributed by atoms with Crippen LogP contribution in [-0.2, 0) is 0 Å². The lowest BCUT2D eigenvalue weighted by Crippen LogP contribution is -2.55. The number of nitrogens with zero attached hydrogens (tertiary/aromatic N) is 1. The molecule has 0 aromatic heterocycles. The van der Waals surface area contributed by atoms with Crippen LogP contribution in [0.3, 0.4) is 0 Å². The Kier molecular flexibility index (Phi) is 6.69. The van der Waals surface area contributed by atoms with Gasteiger partial charge in [0.2, 0.25) is 20.7 Å². The van der Waals surface area contributed by atoms with Gasteiger partial charge in [0.25, 0.3) is 0 Å². The van der Waals surface area contributed by atoms with E-state index in [2.05, 4.69) is 165 Å². The zero-order valence-electron chi connectivity index (χ0n) is 22.4. The molecule has 0 atom stereocenters. The summed E-state index contributed by atoms with van der Waals surface area (Å²) in [5.41, 5.74) is 4.25. The van der Waals surface area contributed by atoms with E-state index in [1.807, 2.05) is 0 Å². The second-order valence-electron chi connectivity index (χ2n) is 10.5. The van der Waals surface area contributed by atoms with Crippen LogP contribution in [0.2, 0.25) is 0 Å². The highest BCUT2D eigenvalue weighted by Crippen LogP contribution is 2.92. The highest BCUT2D eigenvalue weighted by atomic mass is 31.3. The highest BCUT2D eigenvalue weighted by molar-refractivity contribution is 8.20. The van der Waals surface area contributed by atoms with Gasteiger partial charge in [0, 0.05) is 0 Å². The quantitative estimate of drug-likeness (QED) is 0.200. The molecule has 0 spiro atoms. The summed E-state index contributed by atoms with van der Waals surface area (Å²) in [5, 5.41) is 5.86. The predicted octanol–water partition coefficient (Wildman–Crippen LogP) is 8.06. The molecule has 0 amide bonds. The van der Waals surface area contributed by atoms with Crippen molar-refractivity contribution < 1.29 is 0 Å². The lowest BCUT2D eigenvalue weighted by molar-refractivity contribution is 0.866. The lowest BCUT2D eigenvalue weighted by Gasteiger charge is -2.52. The maximum Gasteiger partial charge on any atom is 0.250 e. The molecule has 0 radical (unpaired) electrons. The molecular weight excluding hydrogens is 496 g/mol. The molecule has 1 nitrogen and oxygen atoms in total. The summed E-state index contributed by atoms with van der Waals surface area (Å²) in [5.74, 6) is 1.58. The molecular formula is C35H35NP2+2. The fourth-order valence-electron chi connectivity index (χ4n) is 6.13. The van der Waals surface area contributed by atoms with E-state index < -0.39 is 14.8 Å². The van der Waals surface area contributed by atoms with Crippen molar-refractivity contribution >= 4 is 41.7 Å². The van der Waals surface area contributed by atoms with Gasteiger partial charge < -0.3 is 0 Å². The minimum absolute atomic E-state index is 0.424. The molecule has 0 unspecified atom stereocenters. The molecule has 3 heteroatoms. The molecule has 1 fully saturated rings. The number of para-hydroxylation sites is 1. The summed E-state index contributed by atoms with van der Waals surface area (Å²) < 4.78 is 3.00. The Morgan fingerprint density at radius 2 is 0.868 bits per heavy atom.